The minimum atomic E-state index is -0.466. The van der Waals surface area contributed by atoms with Gasteiger partial charge in [0.15, 0.2) is 0 Å². The molecule has 0 spiro atoms. The van der Waals surface area contributed by atoms with Crippen LogP contribution in [0, 0.1) is 17.3 Å². The van der Waals surface area contributed by atoms with Gasteiger partial charge in [-0.1, -0.05) is 140 Å². The highest BCUT2D eigenvalue weighted by Crippen LogP contribution is 2.48. The molecule has 2 aliphatic carbocycles. The Hall–Kier alpha value is -2.15. The Bertz CT molecular complexity index is 1200. The predicted molar refractivity (Wildman–Crippen MR) is 223 cm³/mol. The summed E-state index contributed by atoms with van der Waals surface area (Å²) in [6.07, 6.45) is 35.6. The summed E-state index contributed by atoms with van der Waals surface area (Å²) < 4.78 is 10.6. The minimum Gasteiger partial charge on any atom is -0.462 e. The zero-order chi connectivity index (χ0) is 38.9. The first kappa shape index (κ1) is 46.2. The van der Waals surface area contributed by atoms with Crippen molar-refractivity contribution in [2.24, 2.45) is 17.3 Å². The van der Waals surface area contributed by atoms with Gasteiger partial charge in [0.1, 0.15) is 13.2 Å². The van der Waals surface area contributed by atoms with Gasteiger partial charge in [-0.15, -0.1) is 11.6 Å². The molecule has 54 heavy (non-hydrogen) atoms. The number of rotatable bonds is 30. The van der Waals surface area contributed by atoms with Crippen LogP contribution in [0.15, 0.2) is 48.6 Å². The van der Waals surface area contributed by atoms with Crippen molar-refractivity contribution in [1.82, 2.24) is 0 Å². The molecule has 7 heteroatoms. The Kier molecular flexibility index (Phi) is 23.5. The number of allylic oxidation sites excluding steroid dienone is 2. The highest BCUT2D eigenvalue weighted by molar-refractivity contribution is 6.21. The van der Waals surface area contributed by atoms with E-state index in [9.17, 15) is 19.8 Å². The average molecular weight is 772 g/mol. The van der Waals surface area contributed by atoms with E-state index in [4.69, 9.17) is 21.1 Å². The van der Waals surface area contributed by atoms with Crippen LogP contribution in [-0.2, 0) is 20.7 Å². The molecule has 0 bridgehead atoms. The van der Waals surface area contributed by atoms with Crippen LogP contribution in [0.5, 0.6) is 0 Å². The van der Waals surface area contributed by atoms with Crippen LogP contribution >= 0.6 is 11.6 Å². The standard InChI is InChI=1S/C47H75ClO6/c1-3-5-6-7-8-9-10-11-12-13-14-15-16-19-24-38-29-31-39(32-30-38)46(52)54-36-35-53-45(51)28-21-18-17-20-25-40-41(43(49)37-42(40)48)26-22-27-44(50)47(4-2)33-23-34-47/h17,20,22,26,29-32,40-44,49-50H,3-16,18-19,21,23-25,27-28,33-37H2,1-2H3/t40-,41-,42-,43-,44+/m1/s1. The lowest BCUT2D eigenvalue weighted by Gasteiger charge is -2.45. The van der Waals surface area contributed by atoms with E-state index in [2.05, 4.69) is 32.1 Å². The van der Waals surface area contributed by atoms with Crippen molar-refractivity contribution in [3.63, 3.8) is 0 Å². The summed E-state index contributed by atoms with van der Waals surface area (Å²) in [6.45, 7) is 4.52. The highest BCUT2D eigenvalue weighted by Gasteiger charge is 2.42. The molecule has 6 nitrogen and oxygen atoms in total. The summed E-state index contributed by atoms with van der Waals surface area (Å²) in [5.74, 6) is -0.580. The maximum Gasteiger partial charge on any atom is 0.338 e. The molecular weight excluding hydrogens is 696 g/mol. The van der Waals surface area contributed by atoms with E-state index in [1.807, 2.05) is 30.3 Å². The molecule has 0 saturated heterocycles. The lowest BCUT2D eigenvalue weighted by molar-refractivity contribution is -0.144. The third-order valence-corrected chi connectivity index (χ3v) is 12.8. The van der Waals surface area contributed by atoms with Crippen LogP contribution in [0.4, 0.5) is 0 Å². The van der Waals surface area contributed by atoms with Crippen molar-refractivity contribution in [1.29, 1.82) is 0 Å². The molecule has 1 aromatic carbocycles. The molecule has 2 aliphatic rings. The van der Waals surface area contributed by atoms with E-state index in [1.54, 1.807) is 0 Å². The van der Waals surface area contributed by atoms with Gasteiger partial charge < -0.3 is 19.7 Å². The van der Waals surface area contributed by atoms with Gasteiger partial charge in [-0.2, -0.15) is 0 Å². The lowest BCUT2D eigenvalue weighted by atomic mass is 9.63. The van der Waals surface area contributed by atoms with Crippen LogP contribution < -0.4 is 0 Å². The van der Waals surface area contributed by atoms with Gasteiger partial charge in [-0.05, 0) is 93.2 Å². The van der Waals surface area contributed by atoms with Crippen molar-refractivity contribution >= 4 is 23.5 Å². The number of aliphatic hydroxyl groups excluding tert-OH is 2. The summed E-state index contributed by atoms with van der Waals surface area (Å²) >= 11 is 6.62. The van der Waals surface area contributed by atoms with Crippen LogP contribution in [0.3, 0.4) is 0 Å². The lowest BCUT2D eigenvalue weighted by Crippen LogP contribution is -2.40. The molecule has 306 valence electrons. The Morgan fingerprint density at radius 2 is 1.44 bits per heavy atom. The van der Waals surface area contributed by atoms with E-state index in [1.165, 1.54) is 102 Å². The Morgan fingerprint density at radius 3 is 2.04 bits per heavy atom. The molecule has 2 fully saturated rings. The highest BCUT2D eigenvalue weighted by atomic mass is 35.5. The van der Waals surface area contributed by atoms with E-state index in [0.717, 1.165) is 38.5 Å². The number of esters is 2. The molecule has 3 rings (SSSR count). The molecule has 2 saturated carbocycles. The number of carbonyl (C=O) groups is 2. The Balaban J connectivity index is 1.17. The second-order valence-electron chi connectivity index (χ2n) is 16.3. The maximum atomic E-state index is 12.5. The summed E-state index contributed by atoms with van der Waals surface area (Å²) in [7, 11) is 0. The molecule has 0 aromatic heterocycles. The third kappa shape index (κ3) is 17.3. The van der Waals surface area contributed by atoms with Gasteiger partial charge in [0.05, 0.1) is 17.8 Å². The second kappa shape index (κ2) is 27.4. The van der Waals surface area contributed by atoms with Gasteiger partial charge in [0, 0.05) is 17.7 Å². The van der Waals surface area contributed by atoms with Crippen molar-refractivity contribution in [3.8, 4) is 0 Å². The molecule has 5 atom stereocenters. The quantitative estimate of drug-likeness (QED) is 0.0350. The largest absolute Gasteiger partial charge is 0.462 e. The monoisotopic (exact) mass is 771 g/mol. The summed E-state index contributed by atoms with van der Waals surface area (Å²) in [5.41, 5.74) is 1.83. The number of hydrogen-bond donors (Lipinski definition) is 2. The molecule has 1 aromatic rings. The zero-order valence-electron chi connectivity index (χ0n) is 34.0. The van der Waals surface area contributed by atoms with Crippen LogP contribution in [0.2, 0.25) is 0 Å². The number of ether oxygens (including phenoxy) is 2. The Morgan fingerprint density at radius 1 is 0.833 bits per heavy atom. The first-order chi connectivity index (χ1) is 26.3. The third-order valence-electron chi connectivity index (χ3n) is 12.3. The second-order valence-corrected chi connectivity index (χ2v) is 16.9. The first-order valence-electron chi connectivity index (χ1n) is 22.0. The summed E-state index contributed by atoms with van der Waals surface area (Å²) in [4.78, 5) is 24.7. The van der Waals surface area contributed by atoms with E-state index < -0.39 is 12.1 Å². The van der Waals surface area contributed by atoms with E-state index in [0.29, 0.717) is 31.2 Å². The smallest absolute Gasteiger partial charge is 0.338 e. The topological polar surface area (TPSA) is 93.1 Å². The molecule has 0 heterocycles. The van der Waals surface area contributed by atoms with E-state index >= 15 is 0 Å². The number of benzene rings is 1. The molecule has 0 radical (unpaired) electrons. The summed E-state index contributed by atoms with van der Waals surface area (Å²) in [5, 5.41) is 21.3. The Labute approximate surface area is 333 Å². The molecule has 0 unspecified atom stereocenters. The number of hydrogen-bond acceptors (Lipinski definition) is 6. The average Bonchev–Trinajstić information content (AvgIpc) is 3.42. The predicted octanol–water partition coefficient (Wildman–Crippen LogP) is 12.0. The number of aliphatic hydroxyl groups is 2. The van der Waals surface area contributed by atoms with Gasteiger partial charge in [-0.25, -0.2) is 4.79 Å². The molecule has 0 amide bonds. The van der Waals surface area contributed by atoms with Crippen LogP contribution in [-0.4, -0.2) is 53.0 Å². The number of carbonyl (C=O) groups excluding carboxylic acids is 2. The van der Waals surface area contributed by atoms with Crippen molar-refractivity contribution < 1.29 is 29.3 Å². The summed E-state index contributed by atoms with van der Waals surface area (Å²) in [6, 6.07) is 7.67. The maximum absolute atomic E-state index is 12.5. The zero-order valence-corrected chi connectivity index (χ0v) is 34.8. The van der Waals surface area contributed by atoms with Gasteiger partial charge in [0.25, 0.3) is 0 Å². The fourth-order valence-electron chi connectivity index (χ4n) is 8.34. The number of alkyl halides is 1. The van der Waals surface area contributed by atoms with Crippen LogP contribution in [0.25, 0.3) is 0 Å². The van der Waals surface area contributed by atoms with Gasteiger partial charge in [-0.3, -0.25) is 4.79 Å². The SMILES string of the molecule is CCCCCCCCCCCCCCCCc1ccc(C(=O)OCCOC(=O)CCCC=CC[C@@H]2[C@@H](C=CC[C@H](O)C3(CC)CCC3)[C@H](O)C[C@H]2Cl)cc1. The minimum absolute atomic E-state index is 0.0181. The van der Waals surface area contributed by atoms with Crippen molar-refractivity contribution in [2.75, 3.05) is 13.2 Å². The van der Waals surface area contributed by atoms with Crippen LogP contribution in [0.1, 0.15) is 184 Å². The number of aryl methyl sites for hydroxylation is 1. The number of unbranched alkanes of at least 4 members (excludes halogenated alkanes) is 14. The normalized spacial score (nSPS) is 21.4. The number of halogens is 1. The molecule has 2 N–H and O–H groups in total. The van der Waals surface area contributed by atoms with Gasteiger partial charge in [0.2, 0.25) is 0 Å². The fourth-order valence-corrected chi connectivity index (χ4v) is 8.80. The molecular formula is C47H75ClO6. The van der Waals surface area contributed by atoms with Crippen molar-refractivity contribution in [3.05, 3.63) is 59.7 Å². The van der Waals surface area contributed by atoms with Crippen molar-refractivity contribution in [2.45, 2.75) is 192 Å². The first-order valence-corrected chi connectivity index (χ1v) is 22.5. The van der Waals surface area contributed by atoms with Gasteiger partial charge >= 0.3 is 11.9 Å². The molecule has 0 aliphatic heterocycles. The fraction of sp³-hybridized carbons (Fsp3) is 0.745. The van der Waals surface area contributed by atoms with E-state index in [-0.39, 0.29) is 47.9 Å².